The standard InChI is InChI=1S/C19H25N3O4S/c1-13-9-14(2)12-22(11-13)19(24)7-8-20-27(25,26)16-4-5-17-15(10-16)3-6-18(23)21-17/h3-6,10,13-14,20H,7-9,11-12H2,1-2H3,(H,21,23)/t13-,14-/m0/s1. The fourth-order valence-corrected chi connectivity index (χ4v) is 4.77. The zero-order valence-corrected chi connectivity index (χ0v) is 16.4. The third kappa shape index (κ3) is 4.75. The molecule has 2 N–H and O–H groups in total. The lowest BCUT2D eigenvalue weighted by Crippen LogP contribution is -2.43. The van der Waals surface area contributed by atoms with Gasteiger partial charge < -0.3 is 9.88 Å². The van der Waals surface area contributed by atoms with Crippen molar-refractivity contribution in [2.75, 3.05) is 19.6 Å². The van der Waals surface area contributed by atoms with Crippen LogP contribution in [0.4, 0.5) is 0 Å². The van der Waals surface area contributed by atoms with Crippen molar-refractivity contribution < 1.29 is 13.2 Å². The predicted octanol–water partition coefficient (Wildman–Crippen LogP) is 1.70. The second-order valence-electron chi connectivity index (χ2n) is 7.46. The molecular weight excluding hydrogens is 366 g/mol. The summed E-state index contributed by atoms with van der Waals surface area (Å²) in [6, 6.07) is 7.44. The van der Waals surface area contributed by atoms with Gasteiger partial charge in [-0.25, -0.2) is 13.1 Å². The molecule has 1 aromatic heterocycles. The van der Waals surface area contributed by atoms with Gasteiger partial charge in [-0.3, -0.25) is 9.59 Å². The quantitative estimate of drug-likeness (QED) is 0.810. The van der Waals surface area contributed by atoms with E-state index < -0.39 is 10.0 Å². The lowest BCUT2D eigenvalue weighted by Gasteiger charge is -2.35. The Kier molecular flexibility index (Phi) is 5.67. The van der Waals surface area contributed by atoms with Crippen molar-refractivity contribution >= 4 is 26.8 Å². The van der Waals surface area contributed by atoms with Crippen LogP contribution in [0.25, 0.3) is 10.9 Å². The Hall–Kier alpha value is -2.19. The Balaban J connectivity index is 1.62. The molecule has 8 heteroatoms. The average Bonchev–Trinajstić information content (AvgIpc) is 2.60. The average molecular weight is 391 g/mol. The molecule has 27 heavy (non-hydrogen) atoms. The van der Waals surface area contributed by atoms with Gasteiger partial charge in [0.25, 0.3) is 0 Å². The number of sulfonamides is 1. The van der Waals surface area contributed by atoms with E-state index in [0.29, 0.717) is 22.7 Å². The first-order valence-corrected chi connectivity index (χ1v) is 10.6. The number of likely N-dealkylation sites (tertiary alicyclic amines) is 1. The van der Waals surface area contributed by atoms with Gasteiger partial charge in [0.05, 0.1) is 4.90 Å². The minimum Gasteiger partial charge on any atom is -0.342 e. The lowest BCUT2D eigenvalue weighted by atomic mass is 9.92. The highest BCUT2D eigenvalue weighted by Gasteiger charge is 2.25. The fraction of sp³-hybridized carbons (Fsp3) is 0.474. The van der Waals surface area contributed by atoms with Gasteiger partial charge in [-0.2, -0.15) is 0 Å². The maximum atomic E-state index is 12.5. The summed E-state index contributed by atoms with van der Waals surface area (Å²) in [5, 5.41) is 0.629. The van der Waals surface area contributed by atoms with Crippen LogP contribution in [0.2, 0.25) is 0 Å². The molecular formula is C19H25N3O4S. The summed E-state index contributed by atoms with van der Waals surface area (Å²) in [6.45, 7) is 5.79. The molecule has 0 spiro atoms. The van der Waals surface area contributed by atoms with Gasteiger partial charge in [0, 0.05) is 37.6 Å². The van der Waals surface area contributed by atoms with Crippen molar-refractivity contribution in [2.45, 2.75) is 31.6 Å². The van der Waals surface area contributed by atoms with Crippen LogP contribution in [0.5, 0.6) is 0 Å². The van der Waals surface area contributed by atoms with Gasteiger partial charge >= 0.3 is 0 Å². The van der Waals surface area contributed by atoms with Gasteiger partial charge in [-0.05, 0) is 47.9 Å². The number of carbonyl (C=O) groups excluding carboxylic acids is 1. The summed E-state index contributed by atoms with van der Waals surface area (Å²) in [4.78, 5) is 28.3. The molecule has 0 saturated carbocycles. The Morgan fingerprint density at radius 1 is 1.19 bits per heavy atom. The highest BCUT2D eigenvalue weighted by Crippen LogP contribution is 2.21. The van der Waals surface area contributed by atoms with Crippen molar-refractivity contribution in [1.82, 2.24) is 14.6 Å². The summed E-state index contributed by atoms with van der Waals surface area (Å²) < 4.78 is 27.5. The van der Waals surface area contributed by atoms with E-state index in [4.69, 9.17) is 0 Å². The number of carbonyl (C=O) groups is 1. The number of aromatic amines is 1. The van der Waals surface area contributed by atoms with Crippen molar-refractivity contribution in [1.29, 1.82) is 0 Å². The lowest BCUT2D eigenvalue weighted by molar-refractivity contribution is -0.133. The first kappa shape index (κ1) is 19.6. The summed E-state index contributed by atoms with van der Waals surface area (Å²) in [7, 11) is -3.72. The molecule has 1 aliphatic rings. The second kappa shape index (κ2) is 7.82. The predicted molar refractivity (Wildman–Crippen MR) is 104 cm³/mol. The van der Waals surface area contributed by atoms with E-state index in [1.54, 1.807) is 12.1 Å². The van der Waals surface area contributed by atoms with Gasteiger partial charge in [0.1, 0.15) is 0 Å². The number of benzene rings is 1. The minimum absolute atomic E-state index is 0.0211. The van der Waals surface area contributed by atoms with Gasteiger partial charge in [0.15, 0.2) is 0 Å². The van der Waals surface area contributed by atoms with E-state index in [1.165, 1.54) is 18.2 Å². The number of hydrogen-bond acceptors (Lipinski definition) is 4. The molecule has 0 bridgehead atoms. The molecule has 146 valence electrons. The number of amides is 1. The van der Waals surface area contributed by atoms with Crippen LogP contribution in [0.3, 0.4) is 0 Å². The summed E-state index contributed by atoms with van der Waals surface area (Å²) in [5.41, 5.74) is 0.334. The largest absolute Gasteiger partial charge is 0.342 e. The van der Waals surface area contributed by atoms with Crippen LogP contribution in [0.1, 0.15) is 26.7 Å². The van der Waals surface area contributed by atoms with Crippen molar-refractivity contribution in [3.05, 3.63) is 40.7 Å². The number of nitrogens with zero attached hydrogens (tertiary/aromatic N) is 1. The third-order valence-electron chi connectivity index (χ3n) is 4.86. The molecule has 2 atom stereocenters. The van der Waals surface area contributed by atoms with E-state index >= 15 is 0 Å². The molecule has 1 aromatic carbocycles. The number of nitrogens with one attached hydrogen (secondary N) is 2. The van der Waals surface area contributed by atoms with E-state index in [9.17, 15) is 18.0 Å². The number of aromatic nitrogens is 1. The molecule has 1 fully saturated rings. The van der Waals surface area contributed by atoms with Crippen molar-refractivity contribution in [2.24, 2.45) is 11.8 Å². The normalized spacial score (nSPS) is 20.7. The topological polar surface area (TPSA) is 99.3 Å². The van der Waals surface area contributed by atoms with Crippen LogP contribution in [-0.2, 0) is 14.8 Å². The van der Waals surface area contributed by atoms with Crippen LogP contribution in [-0.4, -0.2) is 43.8 Å². The molecule has 0 radical (unpaired) electrons. The van der Waals surface area contributed by atoms with E-state index in [0.717, 1.165) is 19.5 Å². The Bertz CT molecular complexity index is 989. The highest BCUT2D eigenvalue weighted by atomic mass is 32.2. The number of piperidine rings is 1. The Morgan fingerprint density at radius 3 is 2.59 bits per heavy atom. The molecule has 1 aliphatic heterocycles. The first-order valence-electron chi connectivity index (χ1n) is 9.15. The SMILES string of the molecule is C[C@H]1C[C@H](C)CN(C(=O)CCNS(=O)(=O)c2ccc3[nH]c(=O)ccc3c2)C1. The number of pyridine rings is 1. The maximum absolute atomic E-state index is 12.5. The van der Waals surface area contributed by atoms with Crippen molar-refractivity contribution in [3.63, 3.8) is 0 Å². The third-order valence-corrected chi connectivity index (χ3v) is 6.32. The summed E-state index contributed by atoms with van der Waals surface area (Å²) in [5.74, 6) is 0.920. The number of hydrogen-bond donors (Lipinski definition) is 2. The molecule has 2 heterocycles. The summed E-state index contributed by atoms with van der Waals surface area (Å²) in [6.07, 6.45) is 1.25. The van der Waals surface area contributed by atoms with Gasteiger partial charge in [0.2, 0.25) is 21.5 Å². The monoisotopic (exact) mass is 391 g/mol. The Labute approximate surface area is 158 Å². The summed E-state index contributed by atoms with van der Waals surface area (Å²) >= 11 is 0. The van der Waals surface area contributed by atoms with Crippen LogP contribution in [0.15, 0.2) is 40.0 Å². The fourth-order valence-electron chi connectivity index (χ4n) is 3.70. The molecule has 0 unspecified atom stereocenters. The van der Waals surface area contributed by atoms with E-state index in [-0.39, 0.29) is 29.3 Å². The maximum Gasteiger partial charge on any atom is 0.248 e. The first-order chi connectivity index (χ1) is 12.7. The highest BCUT2D eigenvalue weighted by molar-refractivity contribution is 7.89. The number of rotatable bonds is 5. The van der Waals surface area contributed by atoms with Gasteiger partial charge in [-0.15, -0.1) is 0 Å². The number of fused-ring (bicyclic) bond motifs is 1. The van der Waals surface area contributed by atoms with Gasteiger partial charge in [-0.1, -0.05) is 13.8 Å². The zero-order valence-electron chi connectivity index (χ0n) is 15.6. The van der Waals surface area contributed by atoms with E-state index in [2.05, 4.69) is 23.6 Å². The van der Waals surface area contributed by atoms with Crippen LogP contribution < -0.4 is 10.3 Å². The van der Waals surface area contributed by atoms with Crippen LogP contribution in [0, 0.1) is 11.8 Å². The molecule has 0 aliphatic carbocycles. The molecule has 1 amide bonds. The number of H-pyrrole nitrogens is 1. The van der Waals surface area contributed by atoms with Crippen LogP contribution >= 0.6 is 0 Å². The molecule has 1 saturated heterocycles. The van der Waals surface area contributed by atoms with Crippen molar-refractivity contribution in [3.8, 4) is 0 Å². The van der Waals surface area contributed by atoms with E-state index in [1.807, 2.05) is 4.90 Å². The molecule has 7 nitrogen and oxygen atoms in total. The minimum atomic E-state index is -3.72. The smallest absolute Gasteiger partial charge is 0.248 e. The second-order valence-corrected chi connectivity index (χ2v) is 9.23. The molecule has 2 aromatic rings. The molecule has 3 rings (SSSR count). The zero-order chi connectivity index (χ0) is 19.6. The Morgan fingerprint density at radius 2 is 1.89 bits per heavy atom.